The highest BCUT2D eigenvalue weighted by molar-refractivity contribution is 5.94. The van der Waals surface area contributed by atoms with Crippen LogP contribution in [-0.4, -0.2) is 28.6 Å². The molecule has 2 N–H and O–H groups in total. The van der Waals surface area contributed by atoms with E-state index in [-0.39, 0.29) is 5.56 Å². The lowest BCUT2D eigenvalue weighted by molar-refractivity contribution is 0.0940. The molecule has 82 valence electrons. The van der Waals surface area contributed by atoms with Crippen LogP contribution in [0, 0.1) is 5.95 Å². The molecule has 0 aliphatic rings. The molecule has 4 nitrogen and oxygen atoms in total. The maximum absolute atomic E-state index is 13.0. The van der Waals surface area contributed by atoms with Gasteiger partial charge in [-0.2, -0.15) is 4.39 Å². The molecule has 0 aromatic carbocycles. The van der Waals surface area contributed by atoms with Crippen molar-refractivity contribution in [1.29, 1.82) is 0 Å². The summed E-state index contributed by atoms with van der Waals surface area (Å²) in [5.74, 6) is -1.30. The second-order valence-electron chi connectivity index (χ2n) is 3.24. The lowest BCUT2D eigenvalue weighted by atomic mass is 10.2. The Kier molecular flexibility index (Phi) is 4.17. The van der Waals surface area contributed by atoms with Crippen molar-refractivity contribution < 1.29 is 14.3 Å². The zero-order valence-corrected chi connectivity index (χ0v) is 8.40. The Morgan fingerprint density at radius 2 is 2.47 bits per heavy atom. The lowest BCUT2D eigenvalue weighted by Crippen LogP contribution is -2.27. The number of aliphatic hydroxyl groups excluding tert-OH is 1. The standard InChI is InChI=1S/C10H13FN2O2/c1-7(14)4-6-13-10(15)8-3-2-5-12-9(8)11/h2-3,5,7,14H,4,6H2,1H3,(H,13,15). The molecule has 5 heteroatoms. The van der Waals surface area contributed by atoms with E-state index in [2.05, 4.69) is 10.3 Å². The number of nitrogens with zero attached hydrogens (tertiary/aromatic N) is 1. The molecule has 1 amide bonds. The Morgan fingerprint density at radius 3 is 3.07 bits per heavy atom. The molecule has 0 saturated heterocycles. The van der Waals surface area contributed by atoms with E-state index in [0.29, 0.717) is 13.0 Å². The molecule has 1 atom stereocenters. The molecule has 0 bridgehead atoms. The van der Waals surface area contributed by atoms with Gasteiger partial charge in [-0.3, -0.25) is 4.79 Å². The molecule has 1 rings (SSSR count). The summed E-state index contributed by atoms with van der Waals surface area (Å²) in [6.45, 7) is 1.93. The summed E-state index contributed by atoms with van der Waals surface area (Å²) in [6.07, 6.45) is 1.24. The number of nitrogens with one attached hydrogen (secondary N) is 1. The lowest BCUT2D eigenvalue weighted by Gasteiger charge is -2.06. The van der Waals surface area contributed by atoms with Gasteiger partial charge in [0.1, 0.15) is 0 Å². The Hall–Kier alpha value is -1.49. The zero-order valence-electron chi connectivity index (χ0n) is 8.40. The molecule has 1 heterocycles. The van der Waals surface area contributed by atoms with Gasteiger partial charge in [-0.25, -0.2) is 4.98 Å². The largest absolute Gasteiger partial charge is 0.393 e. The molecule has 0 aliphatic heterocycles. The smallest absolute Gasteiger partial charge is 0.255 e. The number of hydrogen-bond acceptors (Lipinski definition) is 3. The molecule has 0 fully saturated rings. The zero-order chi connectivity index (χ0) is 11.3. The Bertz CT molecular complexity index is 342. The van der Waals surface area contributed by atoms with E-state index < -0.39 is 18.0 Å². The van der Waals surface area contributed by atoms with Gasteiger partial charge in [0.05, 0.1) is 11.7 Å². The first-order chi connectivity index (χ1) is 7.11. The fourth-order valence-electron chi connectivity index (χ4n) is 1.05. The first-order valence-corrected chi connectivity index (χ1v) is 4.68. The van der Waals surface area contributed by atoms with E-state index in [1.54, 1.807) is 6.92 Å². The van der Waals surface area contributed by atoms with Crippen molar-refractivity contribution in [3.63, 3.8) is 0 Å². The first-order valence-electron chi connectivity index (χ1n) is 4.68. The van der Waals surface area contributed by atoms with Crippen LogP contribution in [0.5, 0.6) is 0 Å². The minimum atomic E-state index is -0.785. The molecule has 1 aromatic heterocycles. The summed E-state index contributed by atoms with van der Waals surface area (Å²) in [5, 5.41) is 11.4. The van der Waals surface area contributed by atoms with Gasteiger partial charge in [0.15, 0.2) is 0 Å². The fourth-order valence-corrected chi connectivity index (χ4v) is 1.05. The van der Waals surface area contributed by atoms with Crippen LogP contribution in [0.25, 0.3) is 0 Å². The summed E-state index contributed by atoms with van der Waals surface area (Å²) in [7, 11) is 0. The van der Waals surface area contributed by atoms with Crippen molar-refractivity contribution in [3.8, 4) is 0 Å². The third-order valence-electron chi connectivity index (χ3n) is 1.85. The Balaban J connectivity index is 2.51. The van der Waals surface area contributed by atoms with Crippen LogP contribution >= 0.6 is 0 Å². The number of carbonyl (C=O) groups excluding carboxylic acids is 1. The molecule has 15 heavy (non-hydrogen) atoms. The normalized spacial score (nSPS) is 12.2. The molecule has 1 aromatic rings. The summed E-state index contributed by atoms with van der Waals surface area (Å²) in [4.78, 5) is 14.7. The number of aliphatic hydroxyl groups is 1. The predicted molar refractivity (Wildman–Crippen MR) is 52.8 cm³/mol. The monoisotopic (exact) mass is 212 g/mol. The number of pyridine rings is 1. The van der Waals surface area contributed by atoms with Crippen molar-refractivity contribution in [1.82, 2.24) is 10.3 Å². The number of halogens is 1. The maximum Gasteiger partial charge on any atom is 0.255 e. The summed E-state index contributed by atoms with van der Waals surface area (Å²) in [5.41, 5.74) is -0.0805. The van der Waals surface area contributed by atoms with Crippen LogP contribution in [0.15, 0.2) is 18.3 Å². The highest BCUT2D eigenvalue weighted by atomic mass is 19.1. The highest BCUT2D eigenvalue weighted by Gasteiger charge is 2.11. The van der Waals surface area contributed by atoms with Crippen LogP contribution in [0.3, 0.4) is 0 Å². The Morgan fingerprint density at radius 1 is 1.73 bits per heavy atom. The van der Waals surface area contributed by atoms with Gasteiger partial charge in [-0.1, -0.05) is 0 Å². The van der Waals surface area contributed by atoms with Crippen molar-refractivity contribution in [2.45, 2.75) is 19.4 Å². The van der Waals surface area contributed by atoms with Gasteiger partial charge < -0.3 is 10.4 Å². The average molecular weight is 212 g/mol. The first kappa shape index (κ1) is 11.6. The number of amides is 1. The van der Waals surface area contributed by atoms with Crippen LogP contribution < -0.4 is 5.32 Å². The number of aromatic nitrogens is 1. The minimum Gasteiger partial charge on any atom is -0.393 e. The molecule has 0 saturated carbocycles. The van der Waals surface area contributed by atoms with Gasteiger partial charge in [0.2, 0.25) is 5.95 Å². The van der Waals surface area contributed by atoms with Crippen molar-refractivity contribution in [2.75, 3.05) is 6.54 Å². The minimum absolute atomic E-state index is 0.0805. The second-order valence-corrected chi connectivity index (χ2v) is 3.24. The topological polar surface area (TPSA) is 62.2 Å². The van der Waals surface area contributed by atoms with E-state index in [0.717, 1.165) is 0 Å². The van der Waals surface area contributed by atoms with Crippen molar-refractivity contribution in [3.05, 3.63) is 29.8 Å². The third-order valence-corrected chi connectivity index (χ3v) is 1.85. The van der Waals surface area contributed by atoms with Crippen molar-refractivity contribution >= 4 is 5.91 Å². The van der Waals surface area contributed by atoms with E-state index in [4.69, 9.17) is 5.11 Å². The summed E-state index contributed by atoms with van der Waals surface area (Å²) in [6, 6.07) is 2.85. The van der Waals surface area contributed by atoms with Gasteiger partial charge in [0.25, 0.3) is 5.91 Å². The molecule has 0 radical (unpaired) electrons. The van der Waals surface area contributed by atoms with Crippen LogP contribution in [0.4, 0.5) is 4.39 Å². The fraction of sp³-hybridized carbons (Fsp3) is 0.400. The predicted octanol–water partition coefficient (Wildman–Crippen LogP) is 0.721. The third kappa shape index (κ3) is 3.63. The van der Waals surface area contributed by atoms with Gasteiger partial charge in [-0.05, 0) is 25.5 Å². The molecular weight excluding hydrogens is 199 g/mol. The van der Waals surface area contributed by atoms with Gasteiger partial charge in [0, 0.05) is 12.7 Å². The second kappa shape index (κ2) is 5.41. The molecule has 0 spiro atoms. The number of carbonyl (C=O) groups is 1. The Labute approximate surface area is 87.1 Å². The van der Waals surface area contributed by atoms with E-state index in [1.165, 1.54) is 18.3 Å². The van der Waals surface area contributed by atoms with E-state index >= 15 is 0 Å². The SMILES string of the molecule is CC(O)CCNC(=O)c1cccnc1F. The number of rotatable bonds is 4. The van der Waals surface area contributed by atoms with E-state index in [9.17, 15) is 9.18 Å². The quantitative estimate of drug-likeness (QED) is 0.723. The molecule has 0 aliphatic carbocycles. The van der Waals surface area contributed by atoms with Gasteiger partial charge in [-0.15, -0.1) is 0 Å². The highest BCUT2D eigenvalue weighted by Crippen LogP contribution is 2.02. The number of hydrogen-bond donors (Lipinski definition) is 2. The van der Waals surface area contributed by atoms with Crippen molar-refractivity contribution in [2.24, 2.45) is 0 Å². The summed E-state index contributed by atoms with van der Waals surface area (Å²) < 4.78 is 13.0. The molecular formula is C10H13FN2O2. The maximum atomic E-state index is 13.0. The van der Waals surface area contributed by atoms with Crippen LogP contribution in [0.1, 0.15) is 23.7 Å². The average Bonchev–Trinajstić information content (AvgIpc) is 2.17. The van der Waals surface area contributed by atoms with E-state index in [1.807, 2.05) is 0 Å². The molecule has 1 unspecified atom stereocenters. The van der Waals surface area contributed by atoms with Crippen LogP contribution in [-0.2, 0) is 0 Å². The van der Waals surface area contributed by atoms with Crippen LogP contribution in [0.2, 0.25) is 0 Å². The summed E-state index contributed by atoms with van der Waals surface area (Å²) >= 11 is 0. The van der Waals surface area contributed by atoms with Gasteiger partial charge >= 0.3 is 0 Å².